The number of hydrogen-bond donors (Lipinski definition) is 0. The molecule has 1 heterocycles. The summed E-state index contributed by atoms with van der Waals surface area (Å²) in [6.45, 7) is 3.75. The van der Waals surface area contributed by atoms with Crippen LogP contribution < -0.4 is 0 Å². The third kappa shape index (κ3) is 2.59. The molecule has 0 bridgehead atoms. The zero-order valence-corrected chi connectivity index (χ0v) is 9.47. The minimum absolute atomic E-state index is 0.114. The van der Waals surface area contributed by atoms with Crippen LogP contribution in [0.4, 0.5) is 0 Å². The first kappa shape index (κ1) is 11.3. The highest BCUT2D eigenvalue weighted by Crippen LogP contribution is 2.10. The van der Waals surface area contributed by atoms with Crippen LogP contribution in [0.15, 0.2) is 16.5 Å². The molecule has 1 aromatic heterocycles. The van der Waals surface area contributed by atoms with Crippen molar-refractivity contribution in [1.29, 1.82) is 0 Å². The number of rotatable bonds is 4. The Kier molecular flexibility index (Phi) is 3.34. The molecule has 1 rings (SSSR count). The number of sulfonamides is 1. The third-order valence-electron chi connectivity index (χ3n) is 2.01. The van der Waals surface area contributed by atoms with Crippen molar-refractivity contribution in [2.45, 2.75) is 20.4 Å². The van der Waals surface area contributed by atoms with E-state index in [0.717, 1.165) is 5.76 Å². The highest BCUT2D eigenvalue weighted by molar-refractivity contribution is 7.89. The standard InChI is InChI=1S/C9H15NO3S/c1-4-14(11,12)10(3)7-9-6-5-8(2)13-9/h5-6H,4,7H2,1-3H3. The van der Waals surface area contributed by atoms with Gasteiger partial charge in [0.1, 0.15) is 11.5 Å². The van der Waals surface area contributed by atoms with Crippen LogP contribution in [0, 0.1) is 6.92 Å². The summed E-state index contributed by atoms with van der Waals surface area (Å²) in [7, 11) is -1.56. The van der Waals surface area contributed by atoms with Crippen LogP contribution in [-0.4, -0.2) is 25.5 Å². The van der Waals surface area contributed by atoms with E-state index in [1.54, 1.807) is 20.0 Å². The molecule has 0 unspecified atom stereocenters. The Morgan fingerprint density at radius 2 is 2.07 bits per heavy atom. The first-order chi connectivity index (χ1) is 6.45. The van der Waals surface area contributed by atoms with Crippen molar-refractivity contribution in [2.75, 3.05) is 12.8 Å². The summed E-state index contributed by atoms with van der Waals surface area (Å²) in [6.07, 6.45) is 0. The Morgan fingerprint density at radius 1 is 1.43 bits per heavy atom. The molecule has 14 heavy (non-hydrogen) atoms. The maximum atomic E-state index is 11.4. The van der Waals surface area contributed by atoms with Gasteiger partial charge in [-0.15, -0.1) is 0 Å². The van der Waals surface area contributed by atoms with Crippen LogP contribution in [-0.2, 0) is 16.6 Å². The van der Waals surface area contributed by atoms with E-state index in [2.05, 4.69) is 0 Å². The zero-order valence-electron chi connectivity index (χ0n) is 8.65. The minimum Gasteiger partial charge on any atom is -0.465 e. The van der Waals surface area contributed by atoms with E-state index in [4.69, 9.17) is 4.42 Å². The maximum Gasteiger partial charge on any atom is 0.213 e. The zero-order chi connectivity index (χ0) is 10.8. The molecule has 0 aliphatic rings. The van der Waals surface area contributed by atoms with Gasteiger partial charge in [-0.2, -0.15) is 4.31 Å². The average molecular weight is 217 g/mol. The van der Waals surface area contributed by atoms with Crippen molar-refractivity contribution < 1.29 is 12.8 Å². The van der Waals surface area contributed by atoms with Gasteiger partial charge in [0.2, 0.25) is 10.0 Å². The fraction of sp³-hybridized carbons (Fsp3) is 0.556. The largest absolute Gasteiger partial charge is 0.465 e. The molecule has 0 aliphatic heterocycles. The van der Waals surface area contributed by atoms with E-state index in [-0.39, 0.29) is 5.75 Å². The van der Waals surface area contributed by atoms with Gasteiger partial charge in [-0.05, 0) is 26.0 Å². The molecule has 0 amide bonds. The molecule has 0 saturated heterocycles. The van der Waals surface area contributed by atoms with Crippen molar-refractivity contribution >= 4 is 10.0 Å². The highest BCUT2D eigenvalue weighted by atomic mass is 32.2. The summed E-state index contributed by atoms with van der Waals surface area (Å²) >= 11 is 0. The molecular weight excluding hydrogens is 202 g/mol. The number of hydrogen-bond acceptors (Lipinski definition) is 3. The van der Waals surface area contributed by atoms with E-state index in [1.807, 2.05) is 13.0 Å². The normalized spacial score (nSPS) is 12.3. The second-order valence-corrected chi connectivity index (χ2v) is 5.53. The van der Waals surface area contributed by atoms with Crippen LogP contribution in [0.3, 0.4) is 0 Å². The Morgan fingerprint density at radius 3 is 2.50 bits per heavy atom. The molecule has 0 atom stereocenters. The summed E-state index contributed by atoms with van der Waals surface area (Å²) in [5, 5.41) is 0. The van der Waals surface area contributed by atoms with Gasteiger partial charge in [-0.25, -0.2) is 8.42 Å². The van der Waals surface area contributed by atoms with Crippen molar-refractivity contribution in [2.24, 2.45) is 0 Å². The van der Waals surface area contributed by atoms with Gasteiger partial charge < -0.3 is 4.42 Å². The molecule has 0 N–H and O–H groups in total. The third-order valence-corrected chi connectivity index (χ3v) is 3.82. The molecule has 0 fully saturated rings. The van der Waals surface area contributed by atoms with Gasteiger partial charge in [-0.3, -0.25) is 0 Å². The van der Waals surface area contributed by atoms with E-state index >= 15 is 0 Å². The monoisotopic (exact) mass is 217 g/mol. The van der Waals surface area contributed by atoms with Crippen LogP contribution in [0.25, 0.3) is 0 Å². The Hall–Kier alpha value is -0.810. The van der Waals surface area contributed by atoms with Crippen LogP contribution in [0.1, 0.15) is 18.4 Å². The summed E-state index contributed by atoms with van der Waals surface area (Å²) in [5.41, 5.74) is 0. The second kappa shape index (κ2) is 4.14. The fourth-order valence-corrected chi connectivity index (χ4v) is 1.87. The number of nitrogens with zero attached hydrogens (tertiary/aromatic N) is 1. The van der Waals surface area contributed by atoms with Crippen LogP contribution in [0.2, 0.25) is 0 Å². The first-order valence-corrected chi connectivity index (χ1v) is 6.06. The minimum atomic E-state index is -3.11. The molecule has 80 valence electrons. The lowest BCUT2D eigenvalue weighted by molar-refractivity contribution is 0.398. The molecule has 0 aliphatic carbocycles. The lowest BCUT2D eigenvalue weighted by Crippen LogP contribution is -2.27. The van der Waals surface area contributed by atoms with Gasteiger partial charge in [0.25, 0.3) is 0 Å². The quantitative estimate of drug-likeness (QED) is 0.765. The first-order valence-electron chi connectivity index (χ1n) is 4.45. The maximum absolute atomic E-state index is 11.4. The predicted molar refractivity (Wildman–Crippen MR) is 54.4 cm³/mol. The van der Waals surface area contributed by atoms with Gasteiger partial charge in [0, 0.05) is 7.05 Å². The summed E-state index contributed by atoms with van der Waals surface area (Å²) < 4.78 is 29.4. The smallest absolute Gasteiger partial charge is 0.213 e. The van der Waals surface area contributed by atoms with Crippen molar-refractivity contribution in [3.63, 3.8) is 0 Å². The topological polar surface area (TPSA) is 50.5 Å². The number of aryl methyl sites for hydroxylation is 1. The van der Waals surface area contributed by atoms with E-state index < -0.39 is 10.0 Å². The van der Waals surface area contributed by atoms with Gasteiger partial charge in [-0.1, -0.05) is 0 Å². The van der Waals surface area contributed by atoms with E-state index in [0.29, 0.717) is 12.3 Å². The fourth-order valence-electron chi connectivity index (χ4n) is 1.11. The molecule has 1 aromatic rings. The molecule has 0 aromatic carbocycles. The Balaban J connectivity index is 2.71. The summed E-state index contributed by atoms with van der Waals surface area (Å²) in [5.74, 6) is 1.58. The van der Waals surface area contributed by atoms with Crippen molar-refractivity contribution in [1.82, 2.24) is 4.31 Å². The molecule has 5 heteroatoms. The second-order valence-electron chi connectivity index (χ2n) is 3.17. The molecule has 0 radical (unpaired) electrons. The SMILES string of the molecule is CCS(=O)(=O)N(C)Cc1ccc(C)o1. The van der Waals surface area contributed by atoms with Gasteiger partial charge >= 0.3 is 0 Å². The van der Waals surface area contributed by atoms with E-state index in [9.17, 15) is 8.42 Å². The Labute approximate surface area is 84.6 Å². The molecular formula is C9H15NO3S. The number of furan rings is 1. The summed E-state index contributed by atoms with van der Waals surface area (Å²) in [4.78, 5) is 0. The van der Waals surface area contributed by atoms with Crippen molar-refractivity contribution in [3.8, 4) is 0 Å². The van der Waals surface area contributed by atoms with Crippen LogP contribution in [0.5, 0.6) is 0 Å². The lowest BCUT2D eigenvalue weighted by atomic mass is 10.4. The summed E-state index contributed by atoms with van der Waals surface area (Å²) in [6, 6.07) is 3.61. The Bertz CT molecular complexity index is 394. The molecule has 4 nitrogen and oxygen atoms in total. The average Bonchev–Trinajstić information content (AvgIpc) is 2.51. The van der Waals surface area contributed by atoms with E-state index in [1.165, 1.54) is 4.31 Å². The van der Waals surface area contributed by atoms with Gasteiger partial charge in [0.15, 0.2) is 0 Å². The van der Waals surface area contributed by atoms with Gasteiger partial charge in [0.05, 0.1) is 12.3 Å². The molecule has 0 saturated carbocycles. The highest BCUT2D eigenvalue weighted by Gasteiger charge is 2.16. The van der Waals surface area contributed by atoms with Crippen LogP contribution >= 0.6 is 0 Å². The predicted octanol–water partition coefficient (Wildman–Crippen LogP) is 1.37. The molecule has 0 spiro atoms. The van der Waals surface area contributed by atoms with Crippen molar-refractivity contribution in [3.05, 3.63) is 23.7 Å². The lowest BCUT2D eigenvalue weighted by Gasteiger charge is -2.13.